The van der Waals surface area contributed by atoms with Crippen molar-refractivity contribution < 1.29 is 56.1 Å². The molecule has 0 atom stereocenters. The van der Waals surface area contributed by atoms with E-state index in [-0.39, 0.29) is 57.6 Å². The normalized spacial score (nSPS) is 11.4. The monoisotopic (exact) mass is 590 g/mol. The van der Waals surface area contributed by atoms with E-state index in [1.165, 1.54) is 53.5 Å². The Labute approximate surface area is 238 Å². The predicted molar refractivity (Wildman–Crippen MR) is 141 cm³/mol. The van der Waals surface area contributed by atoms with Crippen molar-refractivity contribution in [1.82, 2.24) is 0 Å². The fourth-order valence-electron chi connectivity index (χ4n) is 5.77. The Bertz CT molecular complexity index is 1490. The predicted octanol–water partition coefficient (Wildman–Crippen LogP) is 0.318. The number of benzene rings is 4. The topological polar surface area (TPSA) is 20.2 Å². The summed E-state index contributed by atoms with van der Waals surface area (Å²) < 4.78 is 0. The van der Waals surface area contributed by atoms with E-state index in [0.717, 1.165) is 12.5 Å². The van der Waals surface area contributed by atoms with Crippen LogP contribution in [0.2, 0.25) is 12.6 Å². The maximum absolute atomic E-state index is 9.80. The molecule has 0 saturated carbocycles. The third-order valence-corrected chi connectivity index (χ3v) is 11.9. The Kier molecular flexibility index (Phi) is 8.84. The van der Waals surface area contributed by atoms with E-state index in [4.69, 9.17) is 0 Å². The van der Waals surface area contributed by atoms with Gasteiger partial charge in [-0.2, -0.15) is 0 Å². The smallest absolute Gasteiger partial charge is 1.00 e. The van der Waals surface area contributed by atoms with Gasteiger partial charge in [-0.15, -0.1) is 77.7 Å². The van der Waals surface area contributed by atoms with Crippen LogP contribution in [0.5, 0.6) is 0 Å². The van der Waals surface area contributed by atoms with Gasteiger partial charge in [0.05, 0.1) is 0 Å². The molecule has 0 bridgehead atoms. The molecule has 0 amide bonds. The Morgan fingerprint density at radius 3 is 1.51 bits per heavy atom. The van der Waals surface area contributed by atoms with E-state index in [0.29, 0.717) is 0 Å². The molecule has 0 saturated heterocycles. The van der Waals surface area contributed by atoms with E-state index in [9.17, 15) is 5.11 Å². The van der Waals surface area contributed by atoms with Crippen LogP contribution < -0.4 is 35.2 Å². The standard InChI is InChI=1S/C30H26OSi.2ClH.Zr/c1-32(18-8-17-31,29-15-6-13-25-23-11-4-2-9-21(23)19-27(25)29)30-16-7-14-26-24-12-5-3-10-22(24)20-28(26)30;;;/h2-7,9-16,19-20,31H,8,17-18H2,1H3;2*1H;/q-2;;;+4/p-2. The summed E-state index contributed by atoms with van der Waals surface area (Å²) >= 11 is 0. The molecule has 0 heterocycles. The van der Waals surface area contributed by atoms with Crippen LogP contribution >= 0.6 is 0 Å². The zero-order chi connectivity index (χ0) is 21.7. The molecule has 174 valence electrons. The first-order valence-corrected chi connectivity index (χ1v) is 14.2. The SMILES string of the molecule is C[Si](CCCO)(c1cccc2c1[cH-]c1ccccc12)c1cccc2c1[cH-]c1ccccc12.[Cl-].[Cl-].[Zr+4]. The van der Waals surface area contributed by atoms with Crippen molar-refractivity contribution in [3.63, 3.8) is 0 Å². The molecule has 6 aromatic carbocycles. The van der Waals surface area contributed by atoms with Gasteiger partial charge in [0.2, 0.25) is 0 Å². The maximum atomic E-state index is 9.80. The van der Waals surface area contributed by atoms with E-state index >= 15 is 0 Å². The molecule has 6 rings (SSSR count). The first kappa shape index (κ1) is 27.8. The fourth-order valence-corrected chi connectivity index (χ4v) is 9.99. The third-order valence-electron chi connectivity index (χ3n) is 7.34. The Morgan fingerprint density at radius 1 is 0.629 bits per heavy atom. The van der Waals surface area contributed by atoms with Crippen LogP contribution in [0, 0.1) is 0 Å². The van der Waals surface area contributed by atoms with Crippen LogP contribution in [0.15, 0.2) is 97.1 Å². The van der Waals surface area contributed by atoms with Crippen LogP contribution in [0.1, 0.15) is 6.42 Å². The van der Waals surface area contributed by atoms with Gasteiger partial charge >= 0.3 is 26.2 Å². The van der Waals surface area contributed by atoms with Crippen LogP contribution in [0.4, 0.5) is 0 Å². The zero-order valence-electron chi connectivity index (χ0n) is 19.6. The van der Waals surface area contributed by atoms with Crippen molar-refractivity contribution in [3.8, 4) is 0 Å². The molecule has 0 aliphatic heterocycles. The van der Waals surface area contributed by atoms with Crippen LogP contribution in [-0.4, -0.2) is 19.8 Å². The number of halogens is 2. The first-order chi connectivity index (χ1) is 15.7. The van der Waals surface area contributed by atoms with Crippen molar-refractivity contribution in [2.24, 2.45) is 0 Å². The molecule has 0 radical (unpaired) electrons. The summed E-state index contributed by atoms with van der Waals surface area (Å²) in [5.74, 6) is 0. The molecule has 0 spiro atoms. The van der Waals surface area contributed by atoms with Gasteiger partial charge in [-0.25, -0.2) is 0 Å². The van der Waals surface area contributed by atoms with Crippen molar-refractivity contribution in [2.45, 2.75) is 19.0 Å². The average Bonchev–Trinajstić information content (AvgIpc) is 3.40. The minimum Gasteiger partial charge on any atom is -1.00 e. The molecule has 6 aromatic rings. The summed E-state index contributed by atoms with van der Waals surface area (Å²) in [6.07, 6.45) is 0.829. The number of aliphatic hydroxyl groups is 1. The molecular weight excluding hydrogens is 567 g/mol. The molecular formula is C30H26Cl2OSiZr. The molecule has 0 fully saturated rings. The quantitative estimate of drug-likeness (QED) is 0.226. The van der Waals surface area contributed by atoms with Gasteiger partial charge in [-0.05, 0) is 6.42 Å². The Morgan fingerprint density at radius 2 is 1.06 bits per heavy atom. The van der Waals surface area contributed by atoms with Crippen molar-refractivity contribution in [3.05, 3.63) is 97.1 Å². The van der Waals surface area contributed by atoms with Gasteiger partial charge in [0.15, 0.2) is 0 Å². The molecule has 0 aliphatic carbocycles. The summed E-state index contributed by atoms with van der Waals surface area (Å²) in [6.45, 7) is 2.74. The third kappa shape index (κ3) is 4.47. The average molecular weight is 593 g/mol. The molecule has 0 unspecified atom stereocenters. The van der Waals surface area contributed by atoms with E-state index in [2.05, 4.69) is 104 Å². The van der Waals surface area contributed by atoms with Gasteiger partial charge in [-0.1, -0.05) is 85.4 Å². The Balaban J connectivity index is 0.00000114. The van der Waals surface area contributed by atoms with Crippen LogP contribution in [0.25, 0.3) is 43.1 Å². The summed E-state index contributed by atoms with van der Waals surface area (Å²) in [7, 11) is -2.14. The van der Waals surface area contributed by atoms with Crippen molar-refractivity contribution >= 4 is 61.5 Å². The van der Waals surface area contributed by atoms with E-state index in [1.54, 1.807) is 0 Å². The first-order valence-electron chi connectivity index (χ1n) is 11.5. The summed E-state index contributed by atoms with van der Waals surface area (Å²) in [5, 5.41) is 23.5. The zero-order valence-corrected chi connectivity index (χ0v) is 24.5. The molecule has 1 nitrogen and oxygen atoms in total. The number of fused-ring (bicyclic) bond motifs is 6. The van der Waals surface area contributed by atoms with Crippen molar-refractivity contribution in [1.29, 1.82) is 0 Å². The van der Waals surface area contributed by atoms with E-state index < -0.39 is 8.07 Å². The number of hydrogen-bond donors (Lipinski definition) is 1. The molecule has 0 aliphatic rings. The van der Waals surface area contributed by atoms with Gasteiger partial charge in [-0.3, -0.25) is 0 Å². The molecule has 1 N–H and O–H groups in total. The summed E-state index contributed by atoms with van der Waals surface area (Å²) in [4.78, 5) is 0. The van der Waals surface area contributed by atoms with Gasteiger partial charge in [0.1, 0.15) is 0 Å². The Hall–Kier alpha value is -1.74. The number of hydrogen-bond acceptors (Lipinski definition) is 1. The molecule has 0 aromatic heterocycles. The van der Waals surface area contributed by atoms with Crippen LogP contribution in [-0.2, 0) is 26.2 Å². The second kappa shape index (κ2) is 11.1. The molecule has 35 heavy (non-hydrogen) atoms. The van der Waals surface area contributed by atoms with Gasteiger partial charge in [0, 0.05) is 14.7 Å². The number of rotatable bonds is 5. The second-order valence-electron chi connectivity index (χ2n) is 9.16. The fraction of sp³-hybridized carbons (Fsp3) is 0.133. The largest absolute Gasteiger partial charge is 4.00 e. The van der Waals surface area contributed by atoms with Gasteiger partial charge < -0.3 is 29.9 Å². The minimum atomic E-state index is -2.14. The number of aliphatic hydroxyl groups excluding tert-OH is 1. The van der Waals surface area contributed by atoms with E-state index in [1.807, 2.05) is 0 Å². The van der Waals surface area contributed by atoms with Crippen LogP contribution in [0.3, 0.4) is 0 Å². The minimum absolute atomic E-state index is 0. The summed E-state index contributed by atoms with van der Waals surface area (Å²) in [5.41, 5.74) is 0. The summed E-state index contributed by atoms with van der Waals surface area (Å²) in [6, 6.07) is 36.9. The molecule has 5 heteroatoms. The van der Waals surface area contributed by atoms with Gasteiger partial charge in [0.25, 0.3) is 0 Å². The second-order valence-corrected chi connectivity index (χ2v) is 13.4. The maximum Gasteiger partial charge on any atom is 4.00 e. The van der Waals surface area contributed by atoms with Crippen molar-refractivity contribution in [2.75, 3.05) is 6.61 Å².